The van der Waals surface area contributed by atoms with Gasteiger partial charge in [0.1, 0.15) is 5.00 Å². The number of ether oxygens (including phenoxy) is 1. The van der Waals surface area contributed by atoms with Crippen LogP contribution in [0.2, 0.25) is 0 Å². The van der Waals surface area contributed by atoms with Crippen LogP contribution in [0.1, 0.15) is 13.8 Å². The topological polar surface area (TPSA) is 88.8 Å². The minimum atomic E-state index is -3.61. The predicted molar refractivity (Wildman–Crippen MR) is 81.8 cm³/mol. The molecule has 0 aliphatic rings. The second kappa shape index (κ2) is 6.70. The number of aromatic nitrogens is 1. The molecule has 20 heavy (non-hydrogen) atoms. The summed E-state index contributed by atoms with van der Waals surface area (Å²) in [5.74, 6) is 0.0373. The number of likely N-dealkylation sites (N-methyl/N-ethyl adjacent to an activating group) is 1. The number of nitrogens with zero attached hydrogens (tertiary/aromatic N) is 3. The zero-order chi connectivity index (χ0) is 15.5. The molecule has 1 heterocycles. The van der Waals surface area contributed by atoms with Gasteiger partial charge in [0.2, 0.25) is 10.0 Å². The highest BCUT2D eigenvalue weighted by molar-refractivity contribution is 7.89. The molecule has 0 spiro atoms. The van der Waals surface area contributed by atoms with Crippen LogP contribution in [0.15, 0.2) is 4.90 Å². The summed E-state index contributed by atoms with van der Waals surface area (Å²) in [5, 5.41) is 0.531. The molecule has 116 valence electrons. The van der Waals surface area contributed by atoms with E-state index < -0.39 is 10.0 Å². The van der Waals surface area contributed by atoms with E-state index in [1.165, 1.54) is 14.1 Å². The molecule has 0 radical (unpaired) electrons. The number of hydrogen-bond donors (Lipinski definition) is 1. The monoisotopic (exact) mass is 322 g/mol. The third kappa shape index (κ3) is 3.81. The summed E-state index contributed by atoms with van der Waals surface area (Å²) < 4.78 is 35.1. The number of sulfonamides is 1. The molecule has 0 aliphatic carbocycles. The van der Waals surface area contributed by atoms with Crippen molar-refractivity contribution in [1.29, 1.82) is 0 Å². The van der Waals surface area contributed by atoms with E-state index in [-0.39, 0.29) is 16.8 Å². The Morgan fingerprint density at radius 1 is 1.35 bits per heavy atom. The van der Waals surface area contributed by atoms with E-state index >= 15 is 0 Å². The lowest BCUT2D eigenvalue weighted by Gasteiger charge is -2.20. The summed E-state index contributed by atoms with van der Waals surface area (Å²) in [6.45, 7) is 4.97. The lowest BCUT2D eigenvalue weighted by molar-refractivity contribution is 0.0846. The molecular formula is C11H22N4O3S2. The Labute approximate surface area is 124 Å². The molecule has 1 rings (SSSR count). The van der Waals surface area contributed by atoms with Gasteiger partial charge in [-0.25, -0.2) is 12.7 Å². The van der Waals surface area contributed by atoms with Crippen molar-refractivity contribution >= 4 is 32.4 Å². The van der Waals surface area contributed by atoms with Crippen LogP contribution in [0.5, 0.6) is 0 Å². The van der Waals surface area contributed by atoms with Crippen molar-refractivity contribution in [1.82, 2.24) is 8.68 Å². The van der Waals surface area contributed by atoms with Gasteiger partial charge in [0, 0.05) is 27.7 Å². The van der Waals surface area contributed by atoms with E-state index in [9.17, 15) is 8.42 Å². The summed E-state index contributed by atoms with van der Waals surface area (Å²) in [4.78, 5) is 1.87. The van der Waals surface area contributed by atoms with Crippen molar-refractivity contribution in [2.75, 3.05) is 44.9 Å². The van der Waals surface area contributed by atoms with Gasteiger partial charge in [0.05, 0.1) is 12.7 Å². The fraction of sp³-hybridized carbons (Fsp3) is 0.727. The fourth-order valence-electron chi connectivity index (χ4n) is 1.48. The molecule has 0 saturated heterocycles. The highest BCUT2D eigenvalue weighted by Crippen LogP contribution is 2.35. The normalized spacial score (nSPS) is 12.3. The Morgan fingerprint density at radius 2 is 1.95 bits per heavy atom. The Morgan fingerprint density at radius 3 is 2.45 bits per heavy atom. The molecule has 0 aliphatic heterocycles. The van der Waals surface area contributed by atoms with Gasteiger partial charge in [-0.15, -0.1) is 0 Å². The third-order valence-electron chi connectivity index (χ3n) is 2.62. The van der Waals surface area contributed by atoms with Crippen molar-refractivity contribution in [2.45, 2.75) is 24.8 Å². The largest absolute Gasteiger partial charge is 0.382 e. The molecule has 0 saturated carbocycles. The van der Waals surface area contributed by atoms with Crippen LogP contribution in [0.4, 0.5) is 10.8 Å². The predicted octanol–water partition coefficient (Wildman–Crippen LogP) is 0.837. The Balaban J connectivity index is 2.98. The Kier molecular flexibility index (Phi) is 5.75. The second-order valence-electron chi connectivity index (χ2n) is 4.83. The second-order valence-corrected chi connectivity index (χ2v) is 7.67. The zero-order valence-electron chi connectivity index (χ0n) is 12.5. The van der Waals surface area contributed by atoms with Crippen LogP contribution in [-0.4, -0.2) is 57.5 Å². The molecule has 0 bridgehead atoms. The van der Waals surface area contributed by atoms with Gasteiger partial charge in [-0.05, 0) is 25.4 Å². The van der Waals surface area contributed by atoms with Crippen molar-refractivity contribution in [3.05, 3.63) is 0 Å². The van der Waals surface area contributed by atoms with Gasteiger partial charge in [-0.1, -0.05) is 0 Å². The molecule has 7 nitrogen and oxygen atoms in total. The summed E-state index contributed by atoms with van der Waals surface area (Å²) in [7, 11) is 1.13. The number of rotatable bonds is 7. The quantitative estimate of drug-likeness (QED) is 0.800. The molecule has 1 aromatic rings. The first-order valence-electron chi connectivity index (χ1n) is 6.18. The van der Waals surface area contributed by atoms with Crippen LogP contribution in [0, 0.1) is 0 Å². The van der Waals surface area contributed by atoms with Crippen molar-refractivity contribution in [3.63, 3.8) is 0 Å². The van der Waals surface area contributed by atoms with E-state index in [0.717, 1.165) is 15.8 Å². The SMILES string of the molecule is CC(C)OCCN(C)c1snc(N)c1S(=O)(=O)N(C)C. The molecule has 0 unspecified atom stereocenters. The third-order valence-corrected chi connectivity index (χ3v) is 5.61. The van der Waals surface area contributed by atoms with Gasteiger partial charge in [0.15, 0.2) is 10.7 Å². The first-order chi connectivity index (χ1) is 9.17. The molecule has 0 atom stereocenters. The number of nitrogens with two attached hydrogens (primary N) is 1. The lowest BCUT2D eigenvalue weighted by Crippen LogP contribution is -2.28. The van der Waals surface area contributed by atoms with Gasteiger partial charge in [-0.2, -0.15) is 4.37 Å². The highest BCUT2D eigenvalue weighted by atomic mass is 32.2. The summed E-state index contributed by atoms with van der Waals surface area (Å²) in [5.41, 5.74) is 5.72. The van der Waals surface area contributed by atoms with Gasteiger partial charge >= 0.3 is 0 Å². The molecule has 0 fully saturated rings. The Bertz CT molecular complexity index is 540. The first kappa shape index (κ1) is 17.2. The number of anilines is 2. The summed E-state index contributed by atoms with van der Waals surface area (Å²) in [6, 6.07) is 0. The molecule has 0 amide bonds. The average molecular weight is 322 g/mol. The van der Waals surface area contributed by atoms with Crippen LogP contribution in [0.3, 0.4) is 0 Å². The molecule has 1 aromatic heterocycles. The zero-order valence-corrected chi connectivity index (χ0v) is 14.1. The van der Waals surface area contributed by atoms with Crippen LogP contribution in [0.25, 0.3) is 0 Å². The van der Waals surface area contributed by atoms with Gasteiger partial charge in [-0.3, -0.25) is 0 Å². The molecule has 9 heteroatoms. The van der Waals surface area contributed by atoms with Crippen LogP contribution >= 0.6 is 11.5 Å². The standard InChI is InChI=1S/C11H22N4O3S2/c1-8(2)18-7-6-15(5)11-9(10(12)13-19-11)20(16,17)14(3)4/h8H,6-7H2,1-5H3,(H2,12,13). The smallest absolute Gasteiger partial charge is 0.249 e. The van der Waals surface area contributed by atoms with Crippen LogP contribution < -0.4 is 10.6 Å². The molecule has 0 aromatic carbocycles. The molecular weight excluding hydrogens is 300 g/mol. The van der Waals surface area contributed by atoms with Crippen molar-refractivity contribution < 1.29 is 13.2 Å². The average Bonchev–Trinajstić information content (AvgIpc) is 2.70. The lowest BCUT2D eigenvalue weighted by atomic mass is 10.5. The summed E-state index contributed by atoms with van der Waals surface area (Å²) >= 11 is 1.08. The minimum Gasteiger partial charge on any atom is -0.382 e. The number of nitrogen functional groups attached to an aromatic ring is 1. The highest BCUT2D eigenvalue weighted by Gasteiger charge is 2.29. The minimum absolute atomic E-state index is 0.0373. The van der Waals surface area contributed by atoms with Gasteiger partial charge in [0.25, 0.3) is 0 Å². The number of hydrogen-bond acceptors (Lipinski definition) is 7. The van der Waals surface area contributed by atoms with Gasteiger partial charge < -0.3 is 15.4 Å². The first-order valence-corrected chi connectivity index (χ1v) is 8.39. The van der Waals surface area contributed by atoms with Crippen LogP contribution in [-0.2, 0) is 14.8 Å². The summed E-state index contributed by atoms with van der Waals surface area (Å²) in [6.07, 6.45) is 0.139. The van der Waals surface area contributed by atoms with Crippen molar-refractivity contribution in [2.24, 2.45) is 0 Å². The van der Waals surface area contributed by atoms with E-state index in [4.69, 9.17) is 10.5 Å². The van der Waals surface area contributed by atoms with E-state index in [0.29, 0.717) is 18.2 Å². The Hall–Kier alpha value is -0.900. The van der Waals surface area contributed by atoms with E-state index in [2.05, 4.69) is 4.37 Å². The molecule has 2 N–H and O–H groups in total. The maximum Gasteiger partial charge on any atom is 0.249 e. The fourth-order valence-corrected chi connectivity index (χ4v) is 3.71. The van der Waals surface area contributed by atoms with E-state index in [1.807, 2.05) is 13.8 Å². The van der Waals surface area contributed by atoms with Crippen molar-refractivity contribution in [3.8, 4) is 0 Å². The van der Waals surface area contributed by atoms with E-state index in [1.54, 1.807) is 11.9 Å². The maximum absolute atomic E-state index is 12.3. The maximum atomic E-state index is 12.3.